The van der Waals surface area contributed by atoms with E-state index in [-0.39, 0.29) is 36.1 Å². The molecule has 0 saturated heterocycles. The largest absolute Gasteiger partial charge is 0.327 e. The van der Waals surface area contributed by atoms with E-state index in [9.17, 15) is 9.18 Å². The summed E-state index contributed by atoms with van der Waals surface area (Å²) in [5.74, 6) is -0.860. The first-order valence-corrected chi connectivity index (χ1v) is 5.24. The quantitative estimate of drug-likeness (QED) is 0.877. The minimum atomic E-state index is -0.366. The molecular formula is C12H18ClFN2O. The highest BCUT2D eigenvalue weighted by molar-refractivity contribution is 5.93. The molecule has 2 atom stereocenters. The second-order valence-corrected chi connectivity index (χ2v) is 4.10. The Morgan fingerprint density at radius 1 is 1.41 bits per heavy atom. The van der Waals surface area contributed by atoms with Crippen LogP contribution in [0.2, 0.25) is 0 Å². The van der Waals surface area contributed by atoms with Gasteiger partial charge < -0.3 is 11.1 Å². The molecule has 0 heterocycles. The first kappa shape index (κ1) is 15.9. The topological polar surface area (TPSA) is 55.1 Å². The molecule has 5 heteroatoms. The molecule has 0 aliphatic carbocycles. The first-order chi connectivity index (χ1) is 7.41. The Morgan fingerprint density at radius 3 is 2.53 bits per heavy atom. The first-order valence-electron chi connectivity index (χ1n) is 5.24. The predicted molar refractivity (Wildman–Crippen MR) is 69.8 cm³/mol. The van der Waals surface area contributed by atoms with Crippen LogP contribution in [0.3, 0.4) is 0 Å². The summed E-state index contributed by atoms with van der Waals surface area (Å²) in [6, 6.07) is 4.07. The molecule has 1 aromatic rings. The zero-order valence-electron chi connectivity index (χ0n) is 10.2. The van der Waals surface area contributed by atoms with E-state index in [1.54, 1.807) is 19.9 Å². The van der Waals surface area contributed by atoms with Crippen molar-refractivity contribution in [1.82, 2.24) is 0 Å². The van der Waals surface area contributed by atoms with E-state index >= 15 is 0 Å². The smallest absolute Gasteiger partial charge is 0.228 e. The molecule has 0 spiro atoms. The van der Waals surface area contributed by atoms with Gasteiger partial charge in [-0.3, -0.25) is 4.79 Å². The van der Waals surface area contributed by atoms with Crippen LogP contribution in [0.1, 0.15) is 19.4 Å². The zero-order valence-corrected chi connectivity index (χ0v) is 11.0. The van der Waals surface area contributed by atoms with Gasteiger partial charge in [-0.25, -0.2) is 4.39 Å². The zero-order chi connectivity index (χ0) is 12.3. The molecule has 0 saturated carbocycles. The number of hydrogen-bond acceptors (Lipinski definition) is 2. The molecule has 0 aromatic heterocycles. The third-order valence-corrected chi connectivity index (χ3v) is 2.66. The maximum Gasteiger partial charge on any atom is 0.228 e. The van der Waals surface area contributed by atoms with Crippen LogP contribution in [0.15, 0.2) is 18.2 Å². The van der Waals surface area contributed by atoms with Gasteiger partial charge in [0.05, 0.1) is 5.92 Å². The van der Waals surface area contributed by atoms with E-state index in [4.69, 9.17) is 5.73 Å². The van der Waals surface area contributed by atoms with Crippen molar-refractivity contribution in [3.63, 3.8) is 0 Å². The monoisotopic (exact) mass is 260 g/mol. The van der Waals surface area contributed by atoms with E-state index in [0.717, 1.165) is 5.56 Å². The highest BCUT2D eigenvalue weighted by Crippen LogP contribution is 2.17. The van der Waals surface area contributed by atoms with Gasteiger partial charge in [0.1, 0.15) is 5.82 Å². The summed E-state index contributed by atoms with van der Waals surface area (Å²) >= 11 is 0. The lowest BCUT2D eigenvalue weighted by molar-refractivity contribution is -0.119. The number of benzene rings is 1. The Kier molecular flexibility index (Phi) is 6.13. The van der Waals surface area contributed by atoms with E-state index in [1.165, 1.54) is 12.1 Å². The molecule has 0 radical (unpaired) electrons. The Morgan fingerprint density at radius 2 is 2.00 bits per heavy atom. The number of aryl methyl sites for hydroxylation is 1. The maximum atomic E-state index is 13.0. The van der Waals surface area contributed by atoms with E-state index in [2.05, 4.69) is 5.32 Å². The molecule has 3 nitrogen and oxygen atoms in total. The van der Waals surface area contributed by atoms with Crippen molar-refractivity contribution in [3.05, 3.63) is 29.6 Å². The van der Waals surface area contributed by atoms with Crippen LogP contribution in [0.4, 0.5) is 10.1 Å². The van der Waals surface area contributed by atoms with Gasteiger partial charge in [-0.15, -0.1) is 12.4 Å². The average molecular weight is 261 g/mol. The fourth-order valence-electron chi connectivity index (χ4n) is 1.21. The van der Waals surface area contributed by atoms with Crippen molar-refractivity contribution in [1.29, 1.82) is 0 Å². The molecule has 1 amide bonds. The van der Waals surface area contributed by atoms with Gasteiger partial charge in [0.25, 0.3) is 0 Å². The van der Waals surface area contributed by atoms with Crippen LogP contribution in [0.5, 0.6) is 0 Å². The highest BCUT2D eigenvalue weighted by Gasteiger charge is 2.17. The summed E-state index contributed by atoms with van der Waals surface area (Å²) in [5.41, 5.74) is 6.95. The van der Waals surface area contributed by atoms with Gasteiger partial charge in [0.2, 0.25) is 5.91 Å². The van der Waals surface area contributed by atoms with Crippen LogP contribution in [-0.4, -0.2) is 11.9 Å². The minimum Gasteiger partial charge on any atom is -0.327 e. The lowest BCUT2D eigenvalue weighted by Gasteiger charge is -2.16. The number of nitrogens with one attached hydrogen (secondary N) is 1. The number of halogens is 2. The lowest BCUT2D eigenvalue weighted by Crippen LogP contribution is -2.34. The summed E-state index contributed by atoms with van der Waals surface area (Å²) in [6.07, 6.45) is 0. The fraction of sp³-hybridized carbons (Fsp3) is 0.417. The maximum absolute atomic E-state index is 13.0. The molecular weight excluding hydrogens is 243 g/mol. The highest BCUT2D eigenvalue weighted by atomic mass is 35.5. The number of anilines is 1. The number of carbonyl (C=O) groups excluding carboxylic acids is 1. The number of rotatable bonds is 3. The molecule has 2 unspecified atom stereocenters. The molecule has 3 N–H and O–H groups in total. The van der Waals surface area contributed by atoms with Crippen molar-refractivity contribution in [2.75, 3.05) is 5.32 Å². The lowest BCUT2D eigenvalue weighted by atomic mass is 10.0. The van der Waals surface area contributed by atoms with Crippen LogP contribution < -0.4 is 11.1 Å². The van der Waals surface area contributed by atoms with E-state index in [0.29, 0.717) is 5.69 Å². The molecule has 17 heavy (non-hydrogen) atoms. The summed E-state index contributed by atoms with van der Waals surface area (Å²) in [7, 11) is 0. The Hall–Kier alpha value is -1.13. The van der Waals surface area contributed by atoms with Gasteiger partial charge >= 0.3 is 0 Å². The summed E-state index contributed by atoms with van der Waals surface area (Å²) in [5, 5.41) is 2.67. The molecule has 1 rings (SSSR count). The number of nitrogens with two attached hydrogens (primary N) is 1. The SMILES string of the molecule is Cc1ccc(F)cc1NC(=O)C(C)C(C)N.Cl. The number of carbonyl (C=O) groups is 1. The Balaban J connectivity index is 0.00000256. The van der Waals surface area contributed by atoms with Gasteiger partial charge in [0.15, 0.2) is 0 Å². The van der Waals surface area contributed by atoms with E-state index in [1.807, 2.05) is 6.92 Å². The van der Waals surface area contributed by atoms with Crippen molar-refractivity contribution in [3.8, 4) is 0 Å². The minimum absolute atomic E-state index is 0. The number of hydrogen-bond donors (Lipinski definition) is 2. The van der Waals surface area contributed by atoms with Gasteiger partial charge in [-0.2, -0.15) is 0 Å². The number of amides is 1. The summed E-state index contributed by atoms with van der Waals surface area (Å²) < 4.78 is 13.0. The second-order valence-electron chi connectivity index (χ2n) is 4.10. The third-order valence-electron chi connectivity index (χ3n) is 2.66. The Labute approximate surface area is 107 Å². The predicted octanol–water partition coefficient (Wildman–Crippen LogP) is 2.48. The summed E-state index contributed by atoms with van der Waals surface area (Å²) in [6.45, 7) is 5.32. The molecule has 1 aromatic carbocycles. The van der Waals surface area contributed by atoms with Crippen LogP contribution in [-0.2, 0) is 4.79 Å². The molecule has 96 valence electrons. The van der Waals surface area contributed by atoms with Crippen molar-refractivity contribution >= 4 is 24.0 Å². The Bertz CT molecular complexity index is 396. The molecule has 0 fully saturated rings. The van der Waals surface area contributed by atoms with Crippen LogP contribution >= 0.6 is 12.4 Å². The fourth-order valence-corrected chi connectivity index (χ4v) is 1.21. The molecule has 0 aliphatic rings. The average Bonchev–Trinajstić information content (AvgIpc) is 2.22. The van der Waals surface area contributed by atoms with Gasteiger partial charge in [-0.05, 0) is 31.5 Å². The standard InChI is InChI=1S/C12H17FN2O.ClH/c1-7-4-5-10(13)6-11(7)15-12(16)8(2)9(3)14;/h4-6,8-9H,14H2,1-3H3,(H,15,16);1H. The summed E-state index contributed by atoms with van der Waals surface area (Å²) in [4.78, 5) is 11.7. The third kappa shape index (κ3) is 4.32. The normalized spacial score (nSPS) is 13.5. The van der Waals surface area contributed by atoms with Crippen LogP contribution in [0.25, 0.3) is 0 Å². The van der Waals surface area contributed by atoms with Crippen molar-refractivity contribution in [2.45, 2.75) is 26.8 Å². The van der Waals surface area contributed by atoms with Crippen molar-refractivity contribution < 1.29 is 9.18 Å². The van der Waals surface area contributed by atoms with Crippen LogP contribution in [0, 0.1) is 18.7 Å². The van der Waals surface area contributed by atoms with Gasteiger partial charge in [-0.1, -0.05) is 13.0 Å². The van der Waals surface area contributed by atoms with Crippen molar-refractivity contribution in [2.24, 2.45) is 11.7 Å². The van der Waals surface area contributed by atoms with E-state index < -0.39 is 0 Å². The molecule has 0 aliphatic heterocycles. The second kappa shape index (κ2) is 6.57. The molecule has 0 bridgehead atoms. The van der Waals surface area contributed by atoms with Gasteiger partial charge in [0, 0.05) is 11.7 Å².